The van der Waals surface area contributed by atoms with Gasteiger partial charge in [0.1, 0.15) is 0 Å². The minimum absolute atomic E-state index is 0.458. The highest BCUT2D eigenvalue weighted by Gasteiger charge is 2.23. The molecule has 1 aromatic carbocycles. The third-order valence-electron chi connectivity index (χ3n) is 3.82. The molecule has 1 aromatic rings. The molecular weight excluding hydrogens is 272 g/mol. The molecule has 0 spiro atoms. The lowest BCUT2D eigenvalue weighted by Gasteiger charge is -2.18. The Morgan fingerprint density at radius 1 is 1.30 bits per heavy atom. The summed E-state index contributed by atoms with van der Waals surface area (Å²) < 4.78 is 26.5. The van der Waals surface area contributed by atoms with Gasteiger partial charge in [-0.15, -0.1) is 0 Å². The number of hydrogen-bond donors (Lipinski definition) is 1. The second kappa shape index (κ2) is 6.24. The number of nitrogens with one attached hydrogen (secondary N) is 1. The molecule has 0 radical (unpaired) electrons. The Hall–Kier alpha value is -0.910. The standard InChI is InChI=1S/C15H24N2O2S/c1-4-13-7-6-12(11-16-14-8-9-14)10-15(13)20(18,19)17(3)5-2/h6-7,10,14,16H,4-5,8-9,11H2,1-3H3. The van der Waals surface area contributed by atoms with E-state index in [2.05, 4.69) is 5.32 Å². The molecule has 112 valence electrons. The van der Waals surface area contributed by atoms with Gasteiger partial charge >= 0.3 is 0 Å². The summed E-state index contributed by atoms with van der Waals surface area (Å²) in [4.78, 5) is 0.458. The van der Waals surface area contributed by atoms with Crippen LogP contribution in [0.2, 0.25) is 0 Å². The fraction of sp³-hybridized carbons (Fsp3) is 0.600. The van der Waals surface area contributed by atoms with Crippen LogP contribution in [0.4, 0.5) is 0 Å². The number of hydrogen-bond acceptors (Lipinski definition) is 3. The molecule has 20 heavy (non-hydrogen) atoms. The average Bonchev–Trinajstić information content (AvgIpc) is 3.28. The van der Waals surface area contributed by atoms with E-state index in [1.165, 1.54) is 17.1 Å². The second-order valence-corrected chi connectivity index (χ2v) is 7.38. The maximum atomic E-state index is 12.6. The topological polar surface area (TPSA) is 49.4 Å². The fourth-order valence-corrected chi connectivity index (χ4v) is 3.65. The lowest BCUT2D eigenvalue weighted by atomic mass is 10.1. The summed E-state index contributed by atoms with van der Waals surface area (Å²) in [5.74, 6) is 0. The SMILES string of the molecule is CCc1ccc(CNC2CC2)cc1S(=O)(=O)N(C)CC. The molecule has 0 bridgehead atoms. The Kier molecular flexibility index (Phi) is 4.83. The van der Waals surface area contributed by atoms with Crippen LogP contribution in [0.1, 0.15) is 37.8 Å². The van der Waals surface area contributed by atoms with Crippen LogP contribution in [0.25, 0.3) is 0 Å². The smallest absolute Gasteiger partial charge is 0.243 e. The molecular formula is C15H24N2O2S. The van der Waals surface area contributed by atoms with Crippen LogP contribution in [-0.2, 0) is 23.0 Å². The minimum atomic E-state index is -3.37. The molecule has 0 amide bonds. The van der Waals surface area contributed by atoms with Crippen LogP contribution < -0.4 is 5.32 Å². The highest BCUT2D eigenvalue weighted by atomic mass is 32.2. The molecule has 1 aliphatic carbocycles. The molecule has 0 aliphatic heterocycles. The molecule has 1 fully saturated rings. The Bertz CT molecular complexity index is 565. The van der Waals surface area contributed by atoms with Gasteiger partial charge in [0.25, 0.3) is 0 Å². The van der Waals surface area contributed by atoms with Crippen molar-refractivity contribution in [3.05, 3.63) is 29.3 Å². The van der Waals surface area contributed by atoms with E-state index in [1.54, 1.807) is 7.05 Å². The van der Waals surface area contributed by atoms with Gasteiger partial charge in [0.15, 0.2) is 0 Å². The number of benzene rings is 1. The molecule has 0 aromatic heterocycles. The van der Waals surface area contributed by atoms with Crippen LogP contribution in [0.5, 0.6) is 0 Å². The van der Waals surface area contributed by atoms with Crippen molar-refractivity contribution >= 4 is 10.0 Å². The van der Waals surface area contributed by atoms with Crippen LogP contribution in [0.15, 0.2) is 23.1 Å². The van der Waals surface area contributed by atoms with E-state index in [4.69, 9.17) is 0 Å². The van der Waals surface area contributed by atoms with Gasteiger partial charge in [-0.3, -0.25) is 0 Å². The predicted molar refractivity (Wildman–Crippen MR) is 81.2 cm³/mol. The van der Waals surface area contributed by atoms with Crippen molar-refractivity contribution in [2.24, 2.45) is 0 Å². The fourth-order valence-electron chi connectivity index (χ4n) is 2.13. The van der Waals surface area contributed by atoms with E-state index in [0.29, 0.717) is 17.5 Å². The maximum Gasteiger partial charge on any atom is 0.243 e. The lowest BCUT2D eigenvalue weighted by Crippen LogP contribution is -2.27. The first-order valence-electron chi connectivity index (χ1n) is 7.30. The largest absolute Gasteiger partial charge is 0.310 e. The second-order valence-electron chi connectivity index (χ2n) is 5.37. The van der Waals surface area contributed by atoms with Gasteiger partial charge < -0.3 is 5.32 Å². The van der Waals surface area contributed by atoms with Gasteiger partial charge in [-0.05, 0) is 36.5 Å². The van der Waals surface area contributed by atoms with E-state index >= 15 is 0 Å². The summed E-state index contributed by atoms with van der Waals surface area (Å²) in [5.41, 5.74) is 1.93. The van der Waals surface area contributed by atoms with Crippen molar-refractivity contribution in [2.75, 3.05) is 13.6 Å². The summed E-state index contributed by atoms with van der Waals surface area (Å²) in [6.45, 7) is 5.06. The zero-order valence-corrected chi connectivity index (χ0v) is 13.3. The first-order valence-corrected chi connectivity index (χ1v) is 8.74. The molecule has 1 aliphatic rings. The summed E-state index contributed by atoms with van der Waals surface area (Å²) in [6.07, 6.45) is 3.19. The molecule has 0 atom stereocenters. The van der Waals surface area contributed by atoms with Gasteiger partial charge in [-0.25, -0.2) is 12.7 Å². The monoisotopic (exact) mass is 296 g/mol. The van der Waals surface area contributed by atoms with Crippen molar-refractivity contribution in [3.8, 4) is 0 Å². The zero-order valence-electron chi connectivity index (χ0n) is 12.5. The van der Waals surface area contributed by atoms with E-state index in [1.807, 2.05) is 32.0 Å². The minimum Gasteiger partial charge on any atom is -0.310 e. The Balaban J connectivity index is 2.30. The molecule has 1 saturated carbocycles. The normalized spacial score (nSPS) is 15.8. The van der Waals surface area contributed by atoms with Crippen LogP contribution in [-0.4, -0.2) is 32.4 Å². The molecule has 0 saturated heterocycles. The molecule has 5 heteroatoms. The molecule has 0 heterocycles. The molecule has 4 nitrogen and oxygen atoms in total. The summed E-state index contributed by atoms with van der Waals surface area (Å²) >= 11 is 0. The first kappa shape index (κ1) is 15.5. The number of rotatable bonds is 7. The van der Waals surface area contributed by atoms with Crippen molar-refractivity contribution < 1.29 is 8.42 Å². The van der Waals surface area contributed by atoms with E-state index in [0.717, 1.165) is 24.1 Å². The van der Waals surface area contributed by atoms with Gasteiger partial charge in [0.2, 0.25) is 10.0 Å². The Morgan fingerprint density at radius 3 is 2.55 bits per heavy atom. The van der Waals surface area contributed by atoms with Gasteiger partial charge in [-0.1, -0.05) is 26.0 Å². The highest BCUT2D eigenvalue weighted by Crippen LogP contribution is 2.23. The highest BCUT2D eigenvalue weighted by molar-refractivity contribution is 7.89. The average molecular weight is 296 g/mol. The lowest BCUT2D eigenvalue weighted by molar-refractivity contribution is 0.485. The van der Waals surface area contributed by atoms with Crippen molar-refractivity contribution in [2.45, 2.75) is 50.6 Å². The van der Waals surface area contributed by atoms with Crippen molar-refractivity contribution in [1.82, 2.24) is 9.62 Å². The van der Waals surface area contributed by atoms with Gasteiger partial charge in [0.05, 0.1) is 4.90 Å². The quantitative estimate of drug-likeness (QED) is 0.838. The third kappa shape index (κ3) is 3.40. The van der Waals surface area contributed by atoms with Gasteiger partial charge in [0, 0.05) is 26.2 Å². The zero-order chi connectivity index (χ0) is 14.8. The molecule has 1 N–H and O–H groups in total. The van der Waals surface area contributed by atoms with Crippen LogP contribution >= 0.6 is 0 Å². The third-order valence-corrected chi connectivity index (χ3v) is 5.83. The van der Waals surface area contributed by atoms with E-state index in [9.17, 15) is 8.42 Å². The Morgan fingerprint density at radius 2 is 2.00 bits per heavy atom. The number of nitrogens with zero attached hydrogens (tertiary/aromatic N) is 1. The maximum absolute atomic E-state index is 12.6. The van der Waals surface area contributed by atoms with Crippen molar-refractivity contribution in [3.63, 3.8) is 0 Å². The Labute approximate surface area is 122 Å². The van der Waals surface area contributed by atoms with Gasteiger partial charge in [-0.2, -0.15) is 0 Å². The molecule has 0 unspecified atom stereocenters. The van der Waals surface area contributed by atoms with Crippen LogP contribution in [0.3, 0.4) is 0 Å². The van der Waals surface area contributed by atoms with E-state index in [-0.39, 0.29) is 0 Å². The summed E-state index contributed by atoms with van der Waals surface area (Å²) in [6, 6.07) is 6.43. The van der Waals surface area contributed by atoms with Crippen molar-refractivity contribution in [1.29, 1.82) is 0 Å². The molecule has 2 rings (SSSR count). The number of sulfonamides is 1. The predicted octanol–water partition coefficient (Wildman–Crippen LogP) is 2.14. The number of aryl methyl sites for hydroxylation is 1. The summed E-state index contributed by atoms with van der Waals surface area (Å²) in [5, 5.41) is 3.42. The summed E-state index contributed by atoms with van der Waals surface area (Å²) in [7, 11) is -1.74. The van der Waals surface area contributed by atoms with E-state index < -0.39 is 10.0 Å². The first-order chi connectivity index (χ1) is 9.48. The van der Waals surface area contributed by atoms with Crippen LogP contribution in [0, 0.1) is 0 Å².